The molecule has 1 N–H and O–H groups in total. The number of benzene rings is 1. The van der Waals surface area contributed by atoms with Crippen molar-refractivity contribution >= 4 is 35.2 Å². The number of carbonyl (C=O) groups is 2. The van der Waals surface area contributed by atoms with E-state index in [-0.39, 0.29) is 23.8 Å². The Bertz CT molecular complexity index is 687. The van der Waals surface area contributed by atoms with Gasteiger partial charge in [0.15, 0.2) is 0 Å². The van der Waals surface area contributed by atoms with Crippen LogP contribution >= 0.6 is 23.4 Å². The van der Waals surface area contributed by atoms with Crippen LogP contribution in [0.25, 0.3) is 0 Å². The maximum atomic E-state index is 12.8. The molecule has 28 heavy (non-hydrogen) atoms. The Morgan fingerprint density at radius 2 is 2.07 bits per heavy atom. The number of thioether (sulfide) groups is 1. The highest BCUT2D eigenvalue weighted by molar-refractivity contribution is 7.99. The van der Waals surface area contributed by atoms with E-state index in [0.29, 0.717) is 17.3 Å². The number of halogens is 1. The highest BCUT2D eigenvalue weighted by Gasteiger charge is 2.42. The van der Waals surface area contributed by atoms with Crippen LogP contribution in [0.1, 0.15) is 10.9 Å². The number of nitrogens with zero attached hydrogens (tertiary/aromatic N) is 2. The molecule has 1 aromatic carbocycles. The molecule has 2 amide bonds. The zero-order valence-corrected chi connectivity index (χ0v) is 17.5. The lowest BCUT2D eigenvalue weighted by molar-refractivity contribution is -0.142. The van der Waals surface area contributed by atoms with Crippen molar-refractivity contribution in [2.75, 3.05) is 58.9 Å². The van der Waals surface area contributed by atoms with Gasteiger partial charge in [-0.3, -0.25) is 14.5 Å². The van der Waals surface area contributed by atoms with E-state index in [9.17, 15) is 9.59 Å². The van der Waals surface area contributed by atoms with Gasteiger partial charge < -0.3 is 19.7 Å². The molecule has 0 aliphatic carbocycles. The molecule has 0 bridgehead atoms. The summed E-state index contributed by atoms with van der Waals surface area (Å²) in [5, 5.41) is 3.27. The van der Waals surface area contributed by atoms with E-state index in [1.54, 1.807) is 22.7 Å². The van der Waals surface area contributed by atoms with Crippen LogP contribution in [-0.4, -0.2) is 86.5 Å². The van der Waals surface area contributed by atoms with Crippen LogP contribution in [-0.2, 0) is 19.1 Å². The van der Waals surface area contributed by atoms with Crippen LogP contribution in [0.15, 0.2) is 24.3 Å². The van der Waals surface area contributed by atoms with Crippen molar-refractivity contribution in [3.8, 4) is 0 Å². The van der Waals surface area contributed by atoms with Gasteiger partial charge in [0.1, 0.15) is 18.0 Å². The molecule has 0 saturated carbocycles. The highest BCUT2D eigenvalue weighted by atomic mass is 35.5. The van der Waals surface area contributed by atoms with Gasteiger partial charge in [-0.15, -0.1) is 11.8 Å². The second kappa shape index (κ2) is 10.5. The van der Waals surface area contributed by atoms with E-state index in [0.717, 1.165) is 38.4 Å². The molecule has 2 aliphatic rings. The second-order valence-corrected chi connectivity index (χ2v) is 8.22. The molecule has 3 rings (SSSR count). The molecule has 9 heteroatoms. The average Bonchev–Trinajstić information content (AvgIpc) is 3.14. The largest absolute Gasteiger partial charge is 0.379 e. The minimum absolute atomic E-state index is 0.0704. The molecule has 7 nitrogen and oxygen atoms in total. The number of rotatable bonds is 7. The summed E-state index contributed by atoms with van der Waals surface area (Å²) < 4.78 is 10.4. The van der Waals surface area contributed by atoms with Gasteiger partial charge in [0, 0.05) is 49.6 Å². The highest BCUT2D eigenvalue weighted by Crippen LogP contribution is 2.43. The summed E-state index contributed by atoms with van der Waals surface area (Å²) in [5.41, 5.74) is 0.835. The number of amides is 2. The van der Waals surface area contributed by atoms with Crippen molar-refractivity contribution in [2.45, 2.75) is 11.4 Å². The van der Waals surface area contributed by atoms with Crippen molar-refractivity contribution in [2.24, 2.45) is 0 Å². The number of nitrogens with one attached hydrogen (secondary N) is 1. The molecule has 154 valence electrons. The number of methoxy groups -OCH3 is 1. The van der Waals surface area contributed by atoms with Crippen LogP contribution in [0.5, 0.6) is 0 Å². The quantitative estimate of drug-likeness (QED) is 0.708. The zero-order valence-electron chi connectivity index (χ0n) is 15.9. The molecular weight excluding hydrogens is 402 g/mol. The van der Waals surface area contributed by atoms with Crippen molar-refractivity contribution in [1.82, 2.24) is 15.1 Å². The average molecular weight is 428 g/mol. The first-order valence-corrected chi connectivity index (χ1v) is 10.8. The van der Waals surface area contributed by atoms with Crippen LogP contribution in [0.2, 0.25) is 5.02 Å². The van der Waals surface area contributed by atoms with Gasteiger partial charge in [0.25, 0.3) is 0 Å². The molecule has 2 saturated heterocycles. The Labute approximate surface area is 174 Å². The van der Waals surface area contributed by atoms with Crippen LogP contribution in [0.4, 0.5) is 0 Å². The lowest BCUT2D eigenvalue weighted by Crippen LogP contribution is -2.50. The Morgan fingerprint density at radius 3 is 2.79 bits per heavy atom. The SMILES string of the molecule is COCC(=O)N1C(C(=O)NCCN2CCOCC2)CSC1c1ccccc1Cl. The lowest BCUT2D eigenvalue weighted by Gasteiger charge is -2.30. The Morgan fingerprint density at radius 1 is 1.32 bits per heavy atom. The van der Waals surface area contributed by atoms with Gasteiger partial charge >= 0.3 is 0 Å². The Balaban J connectivity index is 1.65. The van der Waals surface area contributed by atoms with E-state index in [1.165, 1.54) is 7.11 Å². The number of hydrogen-bond acceptors (Lipinski definition) is 6. The maximum absolute atomic E-state index is 12.8. The second-order valence-electron chi connectivity index (χ2n) is 6.70. The zero-order chi connectivity index (χ0) is 19.9. The smallest absolute Gasteiger partial charge is 0.250 e. The van der Waals surface area contributed by atoms with Gasteiger partial charge in [-0.1, -0.05) is 29.8 Å². The van der Waals surface area contributed by atoms with Crippen molar-refractivity contribution < 1.29 is 19.1 Å². The van der Waals surface area contributed by atoms with Gasteiger partial charge in [0.05, 0.1) is 13.2 Å². The summed E-state index contributed by atoms with van der Waals surface area (Å²) in [5.74, 6) is 0.167. The maximum Gasteiger partial charge on any atom is 0.250 e. The third-order valence-corrected chi connectivity index (χ3v) is 6.51. The molecule has 2 fully saturated rings. The molecule has 0 radical (unpaired) electrons. The summed E-state index contributed by atoms with van der Waals surface area (Å²) >= 11 is 7.90. The van der Waals surface area contributed by atoms with Crippen molar-refractivity contribution in [1.29, 1.82) is 0 Å². The summed E-state index contributed by atoms with van der Waals surface area (Å²) in [7, 11) is 1.48. The minimum Gasteiger partial charge on any atom is -0.379 e. The predicted octanol–water partition coefficient (Wildman–Crippen LogP) is 1.38. The summed E-state index contributed by atoms with van der Waals surface area (Å²) in [4.78, 5) is 29.4. The summed E-state index contributed by atoms with van der Waals surface area (Å²) in [6.45, 7) is 4.46. The van der Waals surface area contributed by atoms with E-state index >= 15 is 0 Å². The van der Waals surface area contributed by atoms with Crippen LogP contribution < -0.4 is 5.32 Å². The molecule has 2 atom stereocenters. The van der Waals surface area contributed by atoms with E-state index in [4.69, 9.17) is 21.1 Å². The molecule has 0 spiro atoms. The molecule has 1 aromatic rings. The number of hydrogen-bond donors (Lipinski definition) is 1. The van der Waals surface area contributed by atoms with Gasteiger partial charge in [0.2, 0.25) is 11.8 Å². The molecule has 0 aromatic heterocycles. The third-order valence-electron chi connectivity index (χ3n) is 4.86. The molecule has 2 heterocycles. The normalized spacial score (nSPS) is 23.0. The molecule has 2 unspecified atom stereocenters. The van der Waals surface area contributed by atoms with E-state index in [1.807, 2.05) is 18.2 Å². The number of ether oxygens (including phenoxy) is 2. The van der Waals surface area contributed by atoms with Gasteiger partial charge in [-0.2, -0.15) is 0 Å². The number of carbonyl (C=O) groups excluding carboxylic acids is 2. The number of morpholine rings is 1. The fourth-order valence-electron chi connectivity index (χ4n) is 3.41. The predicted molar refractivity (Wildman–Crippen MR) is 109 cm³/mol. The van der Waals surface area contributed by atoms with Gasteiger partial charge in [-0.05, 0) is 6.07 Å². The summed E-state index contributed by atoms with van der Waals surface area (Å²) in [6, 6.07) is 6.88. The van der Waals surface area contributed by atoms with Crippen molar-refractivity contribution in [3.63, 3.8) is 0 Å². The fourth-order valence-corrected chi connectivity index (χ4v) is 5.20. The summed E-state index contributed by atoms with van der Waals surface area (Å²) in [6.07, 6.45) is 0. The van der Waals surface area contributed by atoms with E-state index in [2.05, 4.69) is 10.2 Å². The molecule has 2 aliphatic heterocycles. The topological polar surface area (TPSA) is 71.1 Å². The van der Waals surface area contributed by atoms with Crippen LogP contribution in [0, 0.1) is 0 Å². The first-order valence-electron chi connectivity index (χ1n) is 9.35. The van der Waals surface area contributed by atoms with Crippen LogP contribution in [0.3, 0.4) is 0 Å². The first-order chi connectivity index (χ1) is 13.6. The Kier molecular flexibility index (Phi) is 7.99. The minimum atomic E-state index is -0.543. The standard InChI is InChI=1S/C19H26ClN3O4S/c1-26-12-17(24)23-16(13-28-19(23)14-4-2-3-5-15(14)20)18(25)21-6-7-22-8-10-27-11-9-22/h2-5,16,19H,6-13H2,1H3,(H,21,25). The lowest BCUT2D eigenvalue weighted by atomic mass is 10.1. The van der Waals surface area contributed by atoms with Crippen molar-refractivity contribution in [3.05, 3.63) is 34.9 Å². The Hall–Kier alpha value is -1.32. The van der Waals surface area contributed by atoms with E-state index < -0.39 is 6.04 Å². The fraction of sp³-hybridized carbons (Fsp3) is 0.579. The van der Waals surface area contributed by atoms with Gasteiger partial charge in [-0.25, -0.2) is 0 Å². The third kappa shape index (κ3) is 5.18. The monoisotopic (exact) mass is 427 g/mol. The first kappa shape index (κ1) is 21.4. The molecular formula is C19H26ClN3O4S.